The summed E-state index contributed by atoms with van der Waals surface area (Å²) in [5, 5.41) is 0.393. The predicted molar refractivity (Wildman–Crippen MR) is 91.4 cm³/mol. The molecule has 0 amide bonds. The van der Waals surface area contributed by atoms with E-state index in [9.17, 15) is 0 Å². The van der Waals surface area contributed by atoms with Crippen molar-refractivity contribution in [3.05, 3.63) is 0 Å². The normalized spacial score (nSPS) is 14.2. The molecule has 0 aromatic heterocycles. The van der Waals surface area contributed by atoms with Gasteiger partial charge in [-0.3, -0.25) is 0 Å². The summed E-state index contributed by atoms with van der Waals surface area (Å²) in [5.41, 5.74) is 0.202. The van der Waals surface area contributed by atoms with Gasteiger partial charge in [0, 0.05) is 12.1 Å². The van der Waals surface area contributed by atoms with E-state index in [0.717, 1.165) is 6.54 Å². The Morgan fingerprint density at radius 2 is 1.32 bits per heavy atom. The van der Waals surface area contributed by atoms with Crippen LogP contribution in [0.3, 0.4) is 0 Å². The van der Waals surface area contributed by atoms with Crippen LogP contribution in [0.2, 0.25) is 18.1 Å². The summed E-state index contributed by atoms with van der Waals surface area (Å²) in [5.74, 6) is 0. The molecule has 0 aliphatic rings. The quantitative estimate of drug-likeness (QED) is 0.662. The molecule has 0 radical (unpaired) electrons. The van der Waals surface area contributed by atoms with Crippen LogP contribution in [-0.4, -0.2) is 38.3 Å². The van der Waals surface area contributed by atoms with Crippen LogP contribution in [0.4, 0.5) is 0 Å². The van der Waals surface area contributed by atoms with Crippen LogP contribution < -0.4 is 4.98 Å². The molecular formula is C16H38N2Si. The first kappa shape index (κ1) is 19.1. The topological polar surface area (TPSA) is 15.3 Å². The zero-order chi connectivity index (χ0) is 15.3. The van der Waals surface area contributed by atoms with Crippen molar-refractivity contribution in [2.24, 2.45) is 0 Å². The van der Waals surface area contributed by atoms with Gasteiger partial charge in [0.05, 0.1) is 0 Å². The number of hydrogen-bond acceptors (Lipinski definition) is 2. The van der Waals surface area contributed by atoms with E-state index in [4.69, 9.17) is 0 Å². The summed E-state index contributed by atoms with van der Waals surface area (Å²) in [7, 11) is -1.43. The fraction of sp³-hybridized carbons (Fsp3) is 1.00. The van der Waals surface area contributed by atoms with Crippen molar-refractivity contribution < 1.29 is 0 Å². The van der Waals surface area contributed by atoms with Crippen molar-refractivity contribution in [3.63, 3.8) is 0 Å². The molecule has 2 nitrogen and oxygen atoms in total. The van der Waals surface area contributed by atoms with E-state index in [0.29, 0.717) is 5.04 Å². The van der Waals surface area contributed by atoms with E-state index in [-0.39, 0.29) is 5.54 Å². The van der Waals surface area contributed by atoms with Gasteiger partial charge in [0.25, 0.3) is 0 Å². The highest BCUT2D eigenvalue weighted by molar-refractivity contribution is 6.77. The van der Waals surface area contributed by atoms with Gasteiger partial charge in [-0.05, 0) is 44.8 Å². The smallest absolute Gasteiger partial charge is 0.125 e. The van der Waals surface area contributed by atoms with Crippen LogP contribution in [0.15, 0.2) is 0 Å². The van der Waals surface area contributed by atoms with Crippen LogP contribution in [0.25, 0.3) is 0 Å². The lowest BCUT2D eigenvalue weighted by Gasteiger charge is -2.45. The minimum absolute atomic E-state index is 0.202. The van der Waals surface area contributed by atoms with Crippen LogP contribution in [0.5, 0.6) is 0 Å². The second kappa shape index (κ2) is 7.23. The van der Waals surface area contributed by atoms with Crippen LogP contribution in [-0.2, 0) is 0 Å². The fourth-order valence-corrected chi connectivity index (χ4v) is 4.68. The number of hydrogen-bond donors (Lipinski definition) is 1. The molecule has 0 atom stereocenters. The maximum Gasteiger partial charge on any atom is 0.125 e. The number of nitrogens with one attached hydrogen (secondary N) is 1. The van der Waals surface area contributed by atoms with Gasteiger partial charge in [0.2, 0.25) is 0 Å². The molecule has 0 spiro atoms. The van der Waals surface area contributed by atoms with Gasteiger partial charge < -0.3 is 9.88 Å². The lowest BCUT2D eigenvalue weighted by atomic mass is 10.1. The highest BCUT2D eigenvalue weighted by Crippen LogP contribution is 2.35. The molecule has 3 heteroatoms. The van der Waals surface area contributed by atoms with E-state index in [1.165, 1.54) is 25.9 Å². The molecule has 0 aliphatic heterocycles. The first-order valence-electron chi connectivity index (χ1n) is 7.97. The summed E-state index contributed by atoms with van der Waals surface area (Å²) in [6.07, 6.45) is 2.49. The largest absolute Gasteiger partial charge is 0.331 e. The van der Waals surface area contributed by atoms with Crippen molar-refractivity contribution in [3.8, 4) is 0 Å². The summed E-state index contributed by atoms with van der Waals surface area (Å²) in [6, 6.07) is 0. The maximum absolute atomic E-state index is 4.02. The average Bonchev–Trinajstić information content (AvgIpc) is 2.13. The molecule has 1 N–H and O–H groups in total. The predicted octanol–water partition coefficient (Wildman–Crippen LogP) is 4.48. The lowest BCUT2D eigenvalue weighted by Crippen LogP contribution is -2.63. The zero-order valence-corrected chi connectivity index (χ0v) is 16.0. The van der Waals surface area contributed by atoms with Crippen LogP contribution in [0.1, 0.15) is 61.3 Å². The molecule has 0 aromatic carbocycles. The minimum Gasteiger partial charge on any atom is -0.331 e. The Morgan fingerprint density at radius 1 is 0.895 bits per heavy atom. The molecule has 19 heavy (non-hydrogen) atoms. The molecule has 0 unspecified atom stereocenters. The average molecular weight is 287 g/mol. The van der Waals surface area contributed by atoms with E-state index in [1.807, 2.05) is 0 Å². The SMILES string of the molecule is CCCN(CCC)CC(C)(C)N[Si](C)(C)C(C)(C)C. The van der Waals surface area contributed by atoms with Gasteiger partial charge in [-0.15, -0.1) is 0 Å². The Morgan fingerprint density at radius 3 is 1.63 bits per heavy atom. The van der Waals surface area contributed by atoms with E-state index in [1.54, 1.807) is 0 Å². The van der Waals surface area contributed by atoms with Gasteiger partial charge in [-0.2, -0.15) is 0 Å². The molecule has 0 fully saturated rings. The van der Waals surface area contributed by atoms with Crippen molar-refractivity contribution in [1.29, 1.82) is 0 Å². The third-order valence-electron chi connectivity index (χ3n) is 4.22. The molecule has 0 aromatic rings. The van der Waals surface area contributed by atoms with Crippen LogP contribution >= 0.6 is 0 Å². The van der Waals surface area contributed by atoms with Crippen molar-refractivity contribution >= 4 is 8.24 Å². The molecule has 0 saturated carbocycles. The summed E-state index contributed by atoms with van der Waals surface area (Å²) in [6.45, 7) is 24.9. The molecular weight excluding hydrogens is 248 g/mol. The molecule has 0 saturated heterocycles. The Kier molecular flexibility index (Phi) is 7.28. The van der Waals surface area contributed by atoms with Crippen molar-refractivity contribution in [2.75, 3.05) is 19.6 Å². The molecule has 0 aliphatic carbocycles. The first-order valence-corrected chi connectivity index (χ1v) is 11.0. The lowest BCUT2D eigenvalue weighted by molar-refractivity contribution is 0.214. The zero-order valence-electron chi connectivity index (χ0n) is 15.0. The van der Waals surface area contributed by atoms with E-state index >= 15 is 0 Å². The Labute approximate surface area is 123 Å². The Hall–Kier alpha value is 0.137. The Bertz CT molecular complexity index is 248. The standard InChI is InChI=1S/C16H38N2Si/c1-10-12-18(13-11-2)14-16(6,7)17-19(8,9)15(3,4)5/h17H,10-14H2,1-9H3. The third-order valence-corrected chi connectivity index (χ3v) is 9.28. The van der Waals surface area contributed by atoms with Gasteiger partial charge in [0.1, 0.15) is 8.24 Å². The number of rotatable bonds is 8. The summed E-state index contributed by atoms with van der Waals surface area (Å²) < 4.78 is 0. The highest BCUT2D eigenvalue weighted by Gasteiger charge is 2.39. The van der Waals surface area contributed by atoms with Gasteiger partial charge in [-0.1, -0.05) is 47.7 Å². The van der Waals surface area contributed by atoms with Crippen molar-refractivity contribution in [2.45, 2.75) is 85.0 Å². The summed E-state index contributed by atoms with van der Waals surface area (Å²) in [4.78, 5) is 6.63. The van der Waals surface area contributed by atoms with Gasteiger partial charge in [-0.25, -0.2) is 0 Å². The van der Waals surface area contributed by atoms with Crippen LogP contribution in [0, 0.1) is 0 Å². The second-order valence-corrected chi connectivity index (χ2v) is 13.2. The first-order chi connectivity index (χ1) is 8.45. The molecule has 0 rings (SSSR count). The molecule has 0 heterocycles. The highest BCUT2D eigenvalue weighted by atomic mass is 28.3. The van der Waals surface area contributed by atoms with Gasteiger partial charge in [0.15, 0.2) is 0 Å². The molecule has 116 valence electrons. The minimum atomic E-state index is -1.43. The number of nitrogens with zero attached hydrogens (tertiary/aromatic N) is 1. The molecule has 0 bridgehead atoms. The van der Waals surface area contributed by atoms with E-state index in [2.05, 4.69) is 71.4 Å². The third kappa shape index (κ3) is 6.91. The fourth-order valence-electron chi connectivity index (χ4n) is 2.53. The summed E-state index contributed by atoms with van der Waals surface area (Å²) >= 11 is 0. The maximum atomic E-state index is 4.02. The van der Waals surface area contributed by atoms with Gasteiger partial charge >= 0.3 is 0 Å². The monoisotopic (exact) mass is 286 g/mol. The Balaban J connectivity index is 4.69. The van der Waals surface area contributed by atoms with E-state index < -0.39 is 8.24 Å². The second-order valence-electron chi connectivity index (χ2n) is 8.16. The van der Waals surface area contributed by atoms with Crippen molar-refractivity contribution in [1.82, 2.24) is 9.88 Å².